The lowest BCUT2D eigenvalue weighted by atomic mass is 10.1. The Hall–Kier alpha value is -3.28. The van der Waals surface area contributed by atoms with Gasteiger partial charge in [0, 0.05) is 11.3 Å². The van der Waals surface area contributed by atoms with Crippen molar-refractivity contribution in [2.45, 2.75) is 12.8 Å². The standard InChI is InChI=1S/C20H19N3O3/c1-24-16-4-2-3-14(10-16)17-11-15(22-20(21)23-17)7-5-13-6-8-18-19(9-13)26-12-25-18/h2-4,6,8-11H,5,7,12H2,1H3,(H2,21,22,23). The lowest BCUT2D eigenvalue weighted by Crippen LogP contribution is -2.02. The Morgan fingerprint density at radius 2 is 1.88 bits per heavy atom. The number of aromatic nitrogens is 2. The Kier molecular flexibility index (Phi) is 4.31. The molecule has 1 aliphatic rings. The largest absolute Gasteiger partial charge is 0.497 e. The highest BCUT2D eigenvalue weighted by Gasteiger charge is 2.13. The zero-order valence-corrected chi connectivity index (χ0v) is 14.4. The molecule has 26 heavy (non-hydrogen) atoms. The Labute approximate surface area is 151 Å². The number of nitrogens with zero attached hydrogens (tertiary/aromatic N) is 2. The Morgan fingerprint density at radius 1 is 1.00 bits per heavy atom. The van der Waals surface area contributed by atoms with Crippen LogP contribution < -0.4 is 19.9 Å². The molecule has 2 aromatic carbocycles. The minimum Gasteiger partial charge on any atom is -0.497 e. The van der Waals surface area contributed by atoms with Crippen molar-refractivity contribution >= 4 is 5.95 Å². The van der Waals surface area contributed by atoms with Crippen LogP contribution in [0.3, 0.4) is 0 Å². The van der Waals surface area contributed by atoms with Crippen molar-refractivity contribution in [1.29, 1.82) is 0 Å². The summed E-state index contributed by atoms with van der Waals surface area (Å²) in [6.07, 6.45) is 1.58. The molecule has 4 rings (SSSR count). The van der Waals surface area contributed by atoms with E-state index in [2.05, 4.69) is 9.97 Å². The van der Waals surface area contributed by atoms with Crippen LogP contribution in [0.4, 0.5) is 5.95 Å². The van der Waals surface area contributed by atoms with Gasteiger partial charge in [-0.2, -0.15) is 0 Å². The third-order valence-electron chi connectivity index (χ3n) is 4.27. The summed E-state index contributed by atoms with van der Waals surface area (Å²) in [4.78, 5) is 8.73. The zero-order valence-electron chi connectivity index (χ0n) is 14.4. The summed E-state index contributed by atoms with van der Waals surface area (Å²) >= 11 is 0. The van der Waals surface area contributed by atoms with E-state index < -0.39 is 0 Å². The number of methoxy groups -OCH3 is 1. The van der Waals surface area contributed by atoms with E-state index in [0.29, 0.717) is 0 Å². The lowest BCUT2D eigenvalue weighted by Gasteiger charge is -2.08. The molecule has 0 fully saturated rings. The monoisotopic (exact) mass is 349 g/mol. The number of nitrogen functional groups attached to an aromatic ring is 1. The van der Waals surface area contributed by atoms with E-state index in [1.807, 2.05) is 48.5 Å². The molecule has 0 atom stereocenters. The molecular formula is C20H19N3O3. The third kappa shape index (κ3) is 3.39. The molecule has 0 saturated heterocycles. The first-order valence-electron chi connectivity index (χ1n) is 8.37. The summed E-state index contributed by atoms with van der Waals surface area (Å²) in [5.41, 5.74) is 9.71. The van der Waals surface area contributed by atoms with Crippen LogP contribution in [-0.2, 0) is 12.8 Å². The van der Waals surface area contributed by atoms with Crippen molar-refractivity contribution in [3.8, 4) is 28.5 Å². The number of nitrogens with two attached hydrogens (primary N) is 1. The van der Waals surface area contributed by atoms with Crippen molar-refractivity contribution in [3.63, 3.8) is 0 Å². The SMILES string of the molecule is COc1cccc(-c2cc(CCc3ccc4c(c3)OCO4)nc(N)n2)c1. The number of aryl methyl sites for hydroxylation is 2. The first kappa shape index (κ1) is 16.2. The molecule has 0 saturated carbocycles. The molecular weight excluding hydrogens is 330 g/mol. The fourth-order valence-electron chi connectivity index (χ4n) is 2.95. The van der Waals surface area contributed by atoms with Gasteiger partial charge < -0.3 is 19.9 Å². The summed E-state index contributed by atoms with van der Waals surface area (Å²) in [7, 11) is 1.64. The topological polar surface area (TPSA) is 79.5 Å². The number of benzene rings is 2. The zero-order chi connectivity index (χ0) is 17.9. The van der Waals surface area contributed by atoms with Gasteiger partial charge in [0.2, 0.25) is 12.7 Å². The van der Waals surface area contributed by atoms with Gasteiger partial charge in [0.1, 0.15) is 5.75 Å². The van der Waals surface area contributed by atoms with Gasteiger partial charge >= 0.3 is 0 Å². The second kappa shape index (κ2) is 6.92. The molecule has 1 aliphatic heterocycles. The summed E-state index contributed by atoms with van der Waals surface area (Å²) < 4.78 is 16.1. The van der Waals surface area contributed by atoms with Crippen LogP contribution in [0, 0.1) is 0 Å². The molecule has 6 nitrogen and oxygen atoms in total. The summed E-state index contributed by atoms with van der Waals surface area (Å²) in [6, 6.07) is 15.7. The Bertz CT molecular complexity index is 943. The van der Waals surface area contributed by atoms with Gasteiger partial charge in [-0.15, -0.1) is 0 Å². The van der Waals surface area contributed by atoms with E-state index in [1.165, 1.54) is 0 Å². The number of hydrogen-bond acceptors (Lipinski definition) is 6. The van der Waals surface area contributed by atoms with Gasteiger partial charge in [0.05, 0.1) is 12.8 Å². The van der Waals surface area contributed by atoms with Crippen LogP contribution in [0.1, 0.15) is 11.3 Å². The predicted molar refractivity (Wildman–Crippen MR) is 98.4 cm³/mol. The maximum Gasteiger partial charge on any atom is 0.231 e. The summed E-state index contributed by atoms with van der Waals surface area (Å²) in [5.74, 6) is 2.63. The number of fused-ring (bicyclic) bond motifs is 1. The molecule has 2 N–H and O–H groups in total. The fourth-order valence-corrected chi connectivity index (χ4v) is 2.95. The highest BCUT2D eigenvalue weighted by atomic mass is 16.7. The normalized spacial score (nSPS) is 12.2. The molecule has 0 unspecified atom stereocenters. The van der Waals surface area contributed by atoms with Gasteiger partial charge in [-0.25, -0.2) is 9.97 Å². The smallest absolute Gasteiger partial charge is 0.231 e. The van der Waals surface area contributed by atoms with Gasteiger partial charge in [-0.3, -0.25) is 0 Å². The molecule has 0 aliphatic carbocycles. The lowest BCUT2D eigenvalue weighted by molar-refractivity contribution is 0.174. The molecule has 3 aromatic rings. The van der Waals surface area contributed by atoms with Crippen LogP contribution in [0.2, 0.25) is 0 Å². The summed E-state index contributed by atoms with van der Waals surface area (Å²) in [6.45, 7) is 0.283. The van der Waals surface area contributed by atoms with E-state index in [-0.39, 0.29) is 12.7 Å². The van der Waals surface area contributed by atoms with Crippen molar-refractivity contribution < 1.29 is 14.2 Å². The minimum atomic E-state index is 0.269. The minimum absolute atomic E-state index is 0.269. The summed E-state index contributed by atoms with van der Waals surface area (Å²) in [5, 5.41) is 0. The van der Waals surface area contributed by atoms with E-state index >= 15 is 0 Å². The molecule has 1 aromatic heterocycles. The number of ether oxygens (including phenoxy) is 3. The first-order chi connectivity index (χ1) is 12.7. The second-order valence-electron chi connectivity index (χ2n) is 6.02. The number of hydrogen-bond donors (Lipinski definition) is 1. The van der Waals surface area contributed by atoms with Crippen LogP contribution in [-0.4, -0.2) is 23.9 Å². The van der Waals surface area contributed by atoms with Crippen LogP contribution >= 0.6 is 0 Å². The van der Waals surface area contributed by atoms with E-state index in [1.54, 1.807) is 7.11 Å². The van der Waals surface area contributed by atoms with Gasteiger partial charge in [-0.05, 0) is 48.7 Å². The van der Waals surface area contributed by atoms with Crippen LogP contribution in [0.25, 0.3) is 11.3 Å². The quantitative estimate of drug-likeness (QED) is 0.762. The van der Waals surface area contributed by atoms with E-state index in [9.17, 15) is 0 Å². The van der Waals surface area contributed by atoms with E-state index in [4.69, 9.17) is 19.9 Å². The molecule has 0 bridgehead atoms. The highest BCUT2D eigenvalue weighted by Crippen LogP contribution is 2.33. The predicted octanol–water partition coefficient (Wildman–Crippen LogP) is 3.25. The molecule has 0 amide bonds. The van der Waals surface area contributed by atoms with Crippen LogP contribution in [0.15, 0.2) is 48.5 Å². The van der Waals surface area contributed by atoms with Crippen molar-refractivity contribution in [2.24, 2.45) is 0 Å². The first-order valence-corrected chi connectivity index (χ1v) is 8.37. The molecule has 0 radical (unpaired) electrons. The highest BCUT2D eigenvalue weighted by molar-refractivity contribution is 5.62. The molecule has 0 spiro atoms. The van der Waals surface area contributed by atoms with Gasteiger partial charge in [0.15, 0.2) is 11.5 Å². The van der Waals surface area contributed by atoms with Gasteiger partial charge in [0.25, 0.3) is 0 Å². The Balaban J connectivity index is 1.54. The Morgan fingerprint density at radius 3 is 2.77 bits per heavy atom. The molecule has 2 heterocycles. The van der Waals surface area contributed by atoms with Crippen molar-refractivity contribution in [3.05, 3.63) is 59.8 Å². The van der Waals surface area contributed by atoms with Crippen LogP contribution in [0.5, 0.6) is 17.2 Å². The maximum absolute atomic E-state index is 5.92. The van der Waals surface area contributed by atoms with Crippen molar-refractivity contribution in [1.82, 2.24) is 9.97 Å². The molecule has 132 valence electrons. The maximum atomic E-state index is 5.92. The van der Waals surface area contributed by atoms with Crippen molar-refractivity contribution in [2.75, 3.05) is 19.6 Å². The number of anilines is 1. The average Bonchev–Trinajstić information content (AvgIpc) is 3.14. The number of rotatable bonds is 5. The van der Waals surface area contributed by atoms with Gasteiger partial charge in [-0.1, -0.05) is 18.2 Å². The molecule has 6 heteroatoms. The second-order valence-corrected chi connectivity index (χ2v) is 6.02. The third-order valence-corrected chi connectivity index (χ3v) is 4.27. The fraction of sp³-hybridized carbons (Fsp3) is 0.200. The average molecular weight is 349 g/mol. The van der Waals surface area contributed by atoms with E-state index in [0.717, 1.165) is 52.6 Å².